The van der Waals surface area contributed by atoms with E-state index in [1.165, 1.54) is 7.05 Å². The number of hydrogen-bond donors (Lipinski definition) is 2. The first kappa shape index (κ1) is 22.2. The SMILES string of the molecule is CN=C(NCc1nc(C)c(C)o1)NCc1ccc(F)cc1C(F)(F)F.I. The van der Waals surface area contributed by atoms with Crippen LogP contribution in [-0.4, -0.2) is 18.0 Å². The maximum atomic E-state index is 13.1. The third kappa shape index (κ3) is 5.85. The van der Waals surface area contributed by atoms with Gasteiger partial charge in [0.05, 0.1) is 17.8 Å². The summed E-state index contributed by atoms with van der Waals surface area (Å²) in [5.74, 6) is 0.468. The van der Waals surface area contributed by atoms with Gasteiger partial charge in [0.2, 0.25) is 5.89 Å². The maximum Gasteiger partial charge on any atom is 0.416 e. The molecule has 1 aromatic heterocycles. The second-order valence-corrected chi connectivity index (χ2v) is 5.33. The number of halogens is 5. The average molecular weight is 486 g/mol. The fraction of sp³-hybridized carbons (Fsp3) is 0.375. The van der Waals surface area contributed by atoms with Gasteiger partial charge >= 0.3 is 6.18 Å². The van der Waals surface area contributed by atoms with Crippen molar-refractivity contribution in [3.63, 3.8) is 0 Å². The van der Waals surface area contributed by atoms with E-state index in [0.717, 1.165) is 17.8 Å². The van der Waals surface area contributed by atoms with Crippen LogP contribution in [0.5, 0.6) is 0 Å². The van der Waals surface area contributed by atoms with E-state index in [9.17, 15) is 17.6 Å². The lowest BCUT2D eigenvalue weighted by molar-refractivity contribution is -0.138. The first-order valence-electron chi connectivity index (χ1n) is 7.43. The maximum absolute atomic E-state index is 13.1. The first-order chi connectivity index (χ1) is 11.7. The van der Waals surface area contributed by atoms with Crippen molar-refractivity contribution >= 4 is 29.9 Å². The van der Waals surface area contributed by atoms with Crippen molar-refractivity contribution in [1.29, 1.82) is 0 Å². The second kappa shape index (κ2) is 9.19. The van der Waals surface area contributed by atoms with E-state index in [1.54, 1.807) is 6.92 Å². The summed E-state index contributed by atoms with van der Waals surface area (Å²) < 4.78 is 57.5. The van der Waals surface area contributed by atoms with Crippen LogP contribution in [0.1, 0.15) is 28.5 Å². The Hall–Kier alpha value is -1.85. The number of oxazole rings is 1. The summed E-state index contributed by atoms with van der Waals surface area (Å²) in [6.07, 6.45) is -4.64. The number of alkyl halides is 3. The fourth-order valence-corrected chi connectivity index (χ4v) is 2.14. The van der Waals surface area contributed by atoms with Crippen molar-refractivity contribution < 1.29 is 22.0 Å². The van der Waals surface area contributed by atoms with Crippen LogP contribution >= 0.6 is 24.0 Å². The molecule has 0 radical (unpaired) electrons. The first-order valence-corrected chi connectivity index (χ1v) is 7.43. The lowest BCUT2D eigenvalue weighted by atomic mass is 10.1. The van der Waals surface area contributed by atoms with Crippen molar-refractivity contribution in [3.05, 3.63) is 52.5 Å². The molecule has 10 heteroatoms. The number of rotatable bonds is 4. The molecule has 2 N–H and O–H groups in total. The molecule has 5 nitrogen and oxygen atoms in total. The monoisotopic (exact) mass is 486 g/mol. The zero-order chi connectivity index (χ0) is 18.6. The molecule has 0 unspecified atom stereocenters. The zero-order valence-electron chi connectivity index (χ0n) is 14.4. The topological polar surface area (TPSA) is 62.5 Å². The highest BCUT2D eigenvalue weighted by atomic mass is 127. The molecule has 2 rings (SSSR count). The highest BCUT2D eigenvalue weighted by Gasteiger charge is 2.33. The summed E-state index contributed by atoms with van der Waals surface area (Å²) in [5.41, 5.74) is -0.338. The summed E-state index contributed by atoms with van der Waals surface area (Å²) in [6.45, 7) is 3.65. The quantitative estimate of drug-likeness (QED) is 0.298. The molecule has 26 heavy (non-hydrogen) atoms. The Kier molecular flexibility index (Phi) is 7.85. The van der Waals surface area contributed by atoms with Crippen molar-refractivity contribution in [3.8, 4) is 0 Å². The van der Waals surface area contributed by atoms with Crippen LogP contribution in [0.4, 0.5) is 17.6 Å². The molecule has 0 bridgehead atoms. The molecular formula is C16H19F4IN4O. The van der Waals surface area contributed by atoms with Gasteiger partial charge in [-0.15, -0.1) is 24.0 Å². The Morgan fingerprint density at radius 3 is 2.38 bits per heavy atom. The molecule has 0 atom stereocenters. The van der Waals surface area contributed by atoms with Crippen LogP contribution in [0.3, 0.4) is 0 Å². The molecule has 0 amide bonds. The molecule has 0 aliphatic carbocycles. The minimum absolute atomic E-state index is 0. The minimum Gasteiger partial charge on any atom is -0.444 e. The summed E-state index contributed by atoms with van der Waals surface area (Å²) in [4.78, 5) is 8.11. The van der Waals surface area contributed by atoms with E-state index in [2.05, 4.69) is 20.6 Å². The third-order valence-corrected chi connectivity index (χ3v) is 3.53. The number of aryl methyl sites for hydroxylation is 2. The lowest BCUT2D eigenvalue weighted by Gasteiger charge is -2.15. The van der Waals surface area contributed by atoms with Crippen LogP contribution in [0.2, 0.25) is 0 Å². The number of hydrogen-bond acceptors (Lipinski definition) is 3. The van der Waals surface area contributed by atoms with Gasteiger partial charge in [-0.1, -0.05) is 6.07 Å². The normalized spacial score (nSPS) is 11.9. The molecule has 144 valence electrons. The van der Waals surface area contributed by atoms with E-state index >= 15 is 0 Å². The fourth-order valence-electron chi connectivity index (χ4n) is 2.14. The predicted octanol–water partition coefficient (Wildman–Crippen LogP) is 3.93. The largest absolute Gasteiger partial charge is 0.444 e. The molecule has 0 aliphatic rings. The highest BCUT2D eigenvalue weighted by molar-refractivity contribution is 14.0. The molecule has 0 saturated carbocycles. The van der Waals surface area contributed by atoms with Crippen LogP contribution in [0, 0.1) is 19.7 Å². The van der Waals surface area contributed by atoms with E-state index in [-0.39, 0.29) is 48.6 Å². The van der Waals surface area contributed by atoms with Crippen LogP contribution < -0.4 is 10.6 Å². The molecule has 1 heterocycles. The van der Waals surface area contributed by atoms with Gasteiger partial charge in [-0.25, -0.2) is 9.37 Å². The number of nitrogens with one attached hydrogen (secondary N) is 2. The van der Waals surface area contributed by atoms with Gasteiger partial charge in [0.25, 0.3) is 0 Å². The number of guanidine groups is 1. The van der Waals surface area contributed by atoms with Crippen molar-refractivity contribution in [2.24, 2.45) is 4.99 Å². The van der Waals surface area contributed by atoms with Gasteiger partial charge in [0.15, 0.2) is 5.96 Å². The number of nitrogens with zero attached hydrogens (tertiary/aromatic N) is 2. The van der Waals surface area contributed by atoms with Crippen molar-refractivity contribution in [1.82, 2.24) is 15.6 Å². The standard InChI is InChI=1S/C16H18F4N4O.HI/c1-9-10(2)25-14(24-9)8-23-15(21-3)22-7-11-4-5-12(17)6-13(11)16(18,19)20;/h4-6H,7-8H2,1-3H3,(H2,21,22,23);1H. The Morgan fingerprint density at radius 1 is 1.19 bits per heavy atom. The Bertz CT molecular complexity index is 755. The van der Waals surface area contributed by atoms with Gasteiger partial charge in [0, 0.05) is 13.6 Å². The smallest absolute Gasteiger partial charge is 0.416 e. The molecule has 0 fully saturated rings. The summed E-state index contributed by atoms with van der Waals surface area (Å²) in [6, 6.07) is 2.56. The Morgan fingerprint density at radius 2 is 1.85 bits per heavy atom. The molecule has 0 saturated heterocycles. The van der Waals surface area contributed by atoms with Gasteiger partial charge in [0.1, 0.15) is 11.6 Å². The molecule has 0 spiro atoms. The number of benzene rings is 1. The van der Waals surface area contributed by atoms with E-state index < -0.39 is 17.6 Å². The van der Waals surface area contributed by atoms with E-state index in [1.807, 2.05) is 6.92 Å². The molecule has 1 aromatic carbocycles. The lowest BCUT2D eigenvalue weighted by Crippen LogP contribution is -2.36. The number of aliphatic imine (C=N–C) groups is 1. The Balaban J connectivity index is 0.00000338. The molecular weight excluding hydrogens is 467 g/mol. The van der Waals surface area contributed by atoms with Crippen LogP contribution in [-0.2, 0) is 19.3 Å². The van der Waals surface area contributed by atoms with Crippen molar-refractivity contribution in [2.45, 2.75) is 33.1 Å². The summed E-state index contributed by atoms with van der Waals surface area (Å²) >= 11 is 0. The van der Waals surface area contributed by atoms with Gasteiger partial charge in [-0.05, 0) is 31.5 Å². The summed E-state index contributed by atoms with van der Waals surface area (Å²) in [5, 5.41) is 5.65. The third-order valence-electron chi connectivity index (χ3n) is 3.53. The predicted molar refractivity (Wildman–Crippen MR) is 99.8 cm³/mol. The highest BCUT2D eigenvalue weighted by Crippen LogP contribution is 2.32. The zero-order valence-corrected chi connectivity index (χ0v) is 16.7. The van der Waals surface area contributed by atoms with E-state index in [4.69, 9.17) is 4.42 Å². The second-order valence-electron chi connectivity index (χ2n) is 5.33. The number of aromatic nitrogens is 1. The van der Waals surface area contributed by atoms with Gasteiger partial charge < -0.3 is 15.1 Å². The van der Waals surface area contributed by atoms with Crippen LogP contribution in [0.25, 0.3) is 0 Å². The Labute approximate surface area is 165 Å². The molecule has 2 aromatic rings. The van der Waals surface area contributed by atoms with Gasteiger partial charge in [-0.2, -0.15) is 13.2 Å². The van der Waals surface area contributed by atoms with Gasteiger partial charge in [-0.3, -0.25) is 4.99 Å². The van der Waals surface area contributed by atoms with E-state index in [0.29, 0.717) is 17.7 Å². The molecule has 0 aliphatic heterocycles. The van der Waals surface area contributed by atoms with Crippen molar-refractivity contribution in [2.75, 3.05) is 7.05 Å². The minimum atomic E-state index is -4.64. The van der Waals surface area contributed by atoms with Crippen LogP contribution in [0.15, 0.2) is 27.6 Å². The summed E-state index contributed by atoms with van der Waals surface area (Å²) in [7, 11) is 1.48. The average Bonchev–Trinajstić information content (AvgIpc) is 2.86.